The van der Waals surface area contributed by atoms with Crippen LogP contribution in [-0.2, 0) is 14.6 Å². The maximum Gasteiger partial charge on any atom is 0.225 e. The lowest BCUT2D eigenvalue weighted by atomic mass is 9.93. The van der Waals surface area contributed by atoms with E-state index in [9.17, 15) is 13.2 Å². The summed E-state index contributed by atoms with van der Waals surface area (Å²) in [6.45, 7) is 5.00. The fourth-order valence-electron chi connectivity index (χ4n) is 2.68. The molecule has 2 heterocycles. The van der Waals surface area contributed by atoms with Crippen molar-refractivity contribution in [2.45, 2.75) is 37.5 Å². The van der Waals surface area contributed by atoms with Crippen molar-refractivity contribution in [3.8, 4) is 0 Å². The summed E-state index contributed by atoms with van der Waals surface area (Å²) < 4.78 is 23.7. The maximum absolute atomic E-state index is 12.1. The molecule has 1 aliphatic heterocycles. The van der Waals surface area contributed by atoms with Crippen molar-refractivity contribution >= 4 is 15.7 Å². The Labute approximate surface area is 125 Å². The minimum Gasteiger partial charge on any atom is -0.342 e. The molecule has 6 nitrogen and oxygen atoms in total. The molecule has 116 valence electrons. The molecule has 0 radical (unpaired) electrons. The fourth-order valence-corrected chi connectivity index (χ4v) is 3.54. The Balaban J connectivity index is 2.29. The van der Waals surface area contributed by atoms with E-state index in [2.05, 4.69) is 9.97 Å². The molecular weight excluding hydrogens is 290 g/mol. The Morgan fingerprint density at radius 2 is 2.14 bits per heavy atom. The van der Waals surface area contributed by atoms with Gasteiger partial charge in [-0.2, -0.15) is 0 Å². The maximum atomic E-state index is 12.1. The van der Waals surface area contributed by atoms with Gasteiger partial charge in [-0.15, -0.1) is 0 Å². The first-order chi connectivity index (χ1) is 9.80. The molecule has 0 saturated carbocycles. The van der Waals surface area contributed by atoms with E-state index in [-0.39, 0.29) is 22.6 Å². The van der Waals surface area contributed by atoms with Crippen molar-refractivity contribution in [3.05, 3.63) is 18.2 Å². The molecule has 7 heteroatoms. The van der Waals surface area contributed by atoms with Crippen LogP contribution >= 0.6 is 0 Å². The molecular formula is C14H21N3O3S. The number of piperidine rings is 1. The van der Waals surface area contributed by atoms with E-state index in [0.717, 1.165) is 25.6 Å². The van der Waals surface area contributed by atoms with Gasteiger partial charge in [0.1, 0.15) is 11.2 Å². The normalized spacial score (nSPS) is 19.8. The molecule has 0 bridgehead atoms. The number of likely N-dealkylation sites (tertiary alicyclic amines) is 1. The second kappa shape index (κ2) is 6.09. The Hall–Kier alpha value is -1.50. The van der Waals surface area contributed by atoms with Crippen LogP contribution in [0.2, 0.25) is 0 Å². The molecule has 1 aliphatic rings. The van der Waals surface area contributed by atoms with Gasteiger partial charge in [0.15, 0.2) is 9.84 Å². The largest absolute Gasteiger partial charge is 0.342 e. The number of carbonyl (C=O) groups excluding carboxylic acids is 1. The molecule has 1 unspecified atom stereocenters. The predicted octanol–water partition coefficient (Wildman–Crippen LogP) is 1.24. The minimum absolute atomic E-state index is 0.0471. The Morgan fingerprint density at radius 1 is 1.43 bits per heavy atom. The van der Waals surface area contributed by atoms with Gasteiger partial charge in [-0.1, -0.05) is 13.8 Å². The summed E-state index contributed by atoms with van der Waals surface area (Å²) in [6.07, 6.45) is 5.57. The summed E-state index contributed by atoms with van der Waals surface area (Å²) in [5.41, 5.74) is 0.536. The average molecular weight is 311 g/mol. The van der Waals surface area contributed by atoms with Crippen molar-refractivity contribution in [1.82, 2.24) is 14.9 Å². The van der Waals surface area contributed by atoms with E-state index >= 15 is 0 Å². The van der Waals surface area contributed by atoms with Crippen molar-refractivity contribution in [1.29, 1.82) is 0 Å². The Morgan fingerprint density at radius 3 is 2.76 bits per heavy atom. The summed E-state index contributed by atoms with van der Waals surface area (Å²) >= 11 is 0. The molecule has 0 spiro atoms. The molecule has 0 aliphatic carbocycles. The summed E-state index contributed by atoms with van der Waals surface area (Å²) in [6, 6.07) is 0. The summed E-state index contributed by atoms with van der Waals surface area (Å²) in [7, 11) is -3.37. The monoisotopic (exact) mass is 311 g/mol. The van der Waals surface area contributed by atoms with Gasteiger partial charge >= 0.3 is 0 Å². The SMILES string of the molecule is CC(C)C(=O)N1CCCC(c2ncncc2S(C)(=O)=O)C1. The Bertz CT molecular complexity index is 628. The lowest BCUT2D eigenvalue weighted by Crippen LogP contribution is -2.41. The van der Waals surface area contributed by atoms with Crippen molar-refractivity contribution < 1.29 is 13.2 Å². The van der Waals surface area contributed by atoms with E-state index < -0.39 is 9.84 Å². The minimum atomic E-state index is -3.37. The van der Waals surface area contributed by atoms with Crippen LogP contribution in [0.1, 0.15) is 38.3 Å². The van der Waals surface area contributed by atoms with E-state index in [0.29, 0.717) is 12.2 Å². The predicted molar refractivity (Wildman–Crippen MR) is 78.5 cm³/mol. The molecule has 21 heavy (non-hydrogen) atoms. The number of aromatic nitrogens is 2. The molecule has 1 fully saturated rings. The second-order valence-electron chi connectivity index (χ2n) is 5.82. The highest BCUT2D eigenvalue weighted by atomic mass is 32.2. The van der Waals surface area contributed by atoms with Gasteiger partial charge in [0, 0.05) is 37.4 Å². The number of hydrogen-bond acceptors (Lipinski definition) is 5. The van der Waals surface area contributed by atoms with Crippen LogP contribution in [0.15, 0.2) is 17.4 Å². The van der Waals surface area contributed by atoms with Crippen LogP contribution in [0.5, 0.6) is 0 Å². The zero-order valence-electron chi connectivity index (χ0n) is 12.6. The fraction of sp³-hybridized carbons (Fsp3) is 0.643. The first-order valence-electron chi connectivity index (χ1n) is 7.09. The third-order valence-corrected chi connectivity index (χ3v) is 4.83. The zero-order valence-corrected chi connectivity index (χ0v) is 13.4. The Kier molecular flexibility index (Phi) is 4.61. The number of carbonyl (C=O) groups is 1. The third kappa shape index (κ3) is 3.58. The van der Waals surface area contributed by atoms with E-state index in [1.165, 1.54) is 12.5 Å². The highest BCUT2D eigenvalue weighted by molar-refractivity contribution is 7.90. The van der Waals surface area contributed by atoms with E-state index in [1.54, 1.807) is 0 Å². The molecule has 1 atom stereocenters. The number of amides is 1. The van der Waals surface area contributed by atoms with Crippen LogP contribution in [0, 0.1) is 5.92 Å². The standard InChI is InChI=1S/C14H21N3O3S/c1-10(2)14(18)17-6-4-5-11(8-17)13-12(21(3,19)20)7-15-9-16-13/h7,9-11H,4-6,8H2,1-3H3. The molecule has 1 saturated heterocycles. The van der Waals surface area contributed by atoms with Gasteiger partial charge in [0.25, 0.3) is 0 Å². The topological polar surface area (TPSA) is 80.2 Å². The lowest BCUT2D eigenvalue weighted by molar-refractivity contribution is -0.135. The van der Waals surface area contributed by atoms with Gasteiger partial charge in [0.2, 0.25) is 5.91 Å². The summed E-state index contributed by atoms with van der Waals surface area (Å²) in [5, 5.41) is 0. The molecule has 1 aromatic heterocycles. The summed E-state index contributed by atoms with van der Waals surface area (Å²) in [5.74, 6) is 0.00682. The first-order valence-corrected chi connectivity index (χ1v) is 8.98. The van der Waals surface area contributed by atoms with Crippen LogP contribution in [0.25, 0.3) is 0 Å². The number of hydrogen-bond donors (Lipinski definition) is 0. The molecule has 1 amide bonds. The highest BCUT2D eigenvalue weighted by Gasteiger charge is 2.30. The van der Waals surface area contributed by atoms with E-state index in [1.807, 2.05) is 18.7 Å². The van der Waals surface area contributed by atoms with Crippen molar-refractivity contribution in [2.75, 3.05) is 19.3 Å². The smallest absolute Gasteiger partial charge is 0.225 e. The zero-order chi connectivity index (χ0) is 15.6. The third-order valence-electron chi connectivity index (χ3n) is 3.72. The van der Waals surface area contributed by atoms with Crippen LogP contribution in [0.4, 0.5) is 0 Å². The van der Waals surface area contributed by atoms with Crippen molar-refractivity contribution in [2.24, 2.45) is 5.92 Å². The van der Waals surface area contributed by atoms with Gasteiger partial charge < -0.3 is 4.90 Å². The number of sulfone groups is 1. The quantitative estimate of drug-likeness (QED) is 0.839. The van der Waals surface area contributed by atoms with Gasteiger partial charge in [-0.25, -0.2) is 18.4 Å². The lowest BCUT2D eigenvalue weighted by Gasteiger charge is -2.34. The van der Waals surface area contributed by atoms with Crippen LogP contribution in [0.3, 0.4) is 0 Å². The molecule has 0 aromatic carbocycles. The number of nitrogens with zero attached hydrogens (tertiary/aromatic N) is 3. The molecule has 2 rings (SSSR count). The van der Waals surface area contributed by atoms with Crippen molar-refractivity contribution in [3.63, 3.8) is 0 Å². The number of rotatable bonds is 3. The highest BCUT2D eigenvalue weighted by Crippen LogP contribution is 2.29. The van der Waals surface area contributed by atoms with E-state index in [4.69, 9.17) is 0 Å². The molecule has 0 N–H and O–H groups in total. The molecule has 1 aromatic rings. The van der Waals surface area contributed by atoms with Crippen LogP contribution < -0.4 is 0 Å². The van der Waals surface area contributed by atoms with Gasteiger partial charge in [-0.05, 0) is 12.8 Å². The van der Waals surface area contributed by atoms with Gasteiger partial charge in [-0.3, -0.25) is 4.79 Å². The average Bonchev–Trinajstić information content (AvgIpc) is 2.45. The van der Waals surface area contributed by atoms with Crippen LogP contribution in [-0.4, -0.2) is 48.5 Å². The van der Waals surface area contributed by atoms with Gasteiger partial charge in [0.05, 0.1) is 5.69 Å². The summed E-state index contributed by atoms with van der Waals surface area (Å²) in [4.78, 5) is 22.1. The second-order valence-corrected chi connectivity index (χ2v) is 7.81. The first kappa shape index (κ1) is 15.9.